The monoisotopic (exact) mass is 405 g/mol. The Morgan fingerprint density at radius 3 is 2.59 bits per heavy atom. The van der Waals surface area contributed by atoms with Crippen LogP contribution in [0.4, 0.5) is 0 Å². The number of carbonyl (C=O) groups is 1. The van der Waals surface area contributed by atoms with E-state index >= 15 is 0 Å². The van der Waals surface area contributed by atoms with Gasteiger partial charge < -0.3 is 8.92 Å². The lowest BCUT2D eigenvalue weighted by atomic mass is 9.95. The van der Waals surface area contributed by atoms with Crippen LogP contribution in [0.2, 0.25) is 5.02 Å². The Labute approximate surface area is 162 Å². The smallest absolute Gasteiger partial charge is 0.410 e. The molecule has 0 unspecified atom stereocenters. The predicted molar refractivity (Wildman–Crippen MR) is 100 cm³/mol. The van der Waals surface area contributed by atoms with Crippen molar-refractivity contribution in [2.75, 3.05) is 6.61 Å². The lowest BCUT2D eigenvalue weighted by Gasteiger charge is -2.34. The topological polar surface area (TPSA) is 72.9 Å². The van der Waals surface area contributed by atoms with E-state index in [0.29, 0.717) is 21.8 Å². The summed E-state index contributed by atoms with van der Waals surface area (Å²) in [5.74, 6) is -1.06. The van der Waals surface area contributed by atoms with E-state index in [1.807, 2.05) is 0 Å². The second kappa shape index (κ2) is 6.58. The second-order valence-corrected chi connectivity index (χ2v) is 8.01. The zero-order chi connectivity index (χ0) is 19.2. The highest BCUT2D eigenvalue weighted by molar-refractivity contribution is 7.85. The van der Waals surface area contributed by atoms with Crippen molar-refractivity contribution in [3.05, 3.63) is 70.8 Å². The van der Waals surface area contributed by atoms with Crippen molar-refractivity contribution >= 4 is 33.6 Å². The lowest BCUT2D eigenvalue weighted by Crippen LogP contribution is -2.39. The van der Waals surface area contributed by atoms with E-state index in [1.54, 1.807) is 61.5 Å². The number of carbonyl (C=O) groups excluding carboxylic acids is 1. The second-order valence-electron chi connectivity index (χ2n) is 6.16. The van der Waals surface area contributed by atoms with Gasteiger partial charge in [-0.15, -0.1) is 0 Å². The molecule has 0 fully saturated rings. The van der Waals surface area contributed by atoms with Gasteiger partial charge in [-0.3, -0.25) is 4.79 Å². The predicted octanol–water partition coefficient (Wildman–Crippen LogP) is 3.55. The fraction of sp³-hybridized carbons (Fsp3) is 0.211. The van der Waals surface area contributed by atoms with Crippen LogP contribution in [0.15, 0.2) is 54.6 Å². The summed E-state index contributed by atoms with van der Waals surface area (Å²) in [6, 6.07) is 12.7. The standard InChI is InChI=1S/C19H16ClNO5S/c1-2-25-19(22)15-11-16-14-5-3-4-6-17(14)26-27(23,24)21(16)18(15)12-7-9-13(20)10-8-12/h3-11,15,18H,2H2,1H3/t15-,18+/m1/s1. The number of para-hydroxylation sites is 1. The molecule has 2 heterocycles. The number of fused-ring (bicyclic) bond motifs is 3. The first kappa shape index (κ1) is 17.9. The van der Waals surface area contributed by atoms with Gasteiger partial charge in [-0.1, -0.05) is 35.9 Å². The van der Waals surface area contributed by atoms with E-state index < -0.39 is 28.2 Å². The summed E-state index contributed by atoms with van der Waals surface area (Å²) in [6.07, 6.45) is 1.64. The van der Waals surface area contributed by atoms with Crippen LogP contribution >= 0.6 is 11.6 Å². The fourth-order valence-electron chi connectivity index (χ4n) is 3.44. The van der Waals surface area contributed by atoms with Gasteiger partial charge >= 0.3 is 16.3 Å². The molecular formula is C19H16ClNO5S. The van der Waals surface area contributed by atoms with Crippen LogP contribution in [0, 0.1) is 5.92 Å². The molecule has 8 heteroatoms. The van der Waals surface area contributed by atoms with Crippen LogP contribution in [0.5, 0.6) is 5.75 Å². The normalized spacial score (nSPS) is 22.3. The van der Waals surface area contributed by atoms with Crippen molar-refractivity contribution < 1.29 is 22.1 Å². The highest BCUT2D eigenvalue weighted by Gasteiger charge is 2.50. The SMILES string of the molecule is CCOC(=O)[C@@H]1C=C2c3ccccc3OS(=O)(=O)N2[C@H]1c1ccc(Cl)cc1. The first-order valence-electron chi connectivity index (χ1n) is 8.39. The molecule has 2 aliphatic rings. The molecule has 140 valence electrons. The van der Waals surface area contributed by atoms with Crippen LogP contribution in [-0.2, 0) is 19.8 Å². The quantitative estimate of drug-likeness (QED) is 0.730. The van der Waals surface area contributed by atoms with Crippen molar-refractivity contribution in [3.63, 3.8) is 0 Å². The molecule has 0 amide bonds. The molecule has 2 aliphatic heterocycles. The summed E-state index contributed by atoms with van der Waals surface area (Å²) < 4.78 is 37.4. The van der Waals surface area contributed by atoms with Crippen LogP contribution in [0.3, 0.4) is 0 Å². The van der Waals surface area contributed by atoms with Crippen molar-refractivity contribution in [2.24, 2.45) is 5.92 Å². The third-order valence-corrected chi connectivity index (χ3v) is 6.08. The maximum Gasteiger partial charge on any atom is 0.410 e. The molecule has 6 nitrogen and oxygen atoms in total. The fourth-order valence-corrected chi connectivity index (χ4v) is 4.95. The Bertz CT molecular complexity index is 1030. The summed E-state index contributed by atoms with van der Waals surface area (Å²) in [6.45, 7) is 1.91. The van der Waals surface area contributed by atoms with Crippen molar-refractivity contribution in [3.8, 4) is 5.75 Å². The molecule has 2 atom stereocenters. The summed E-state index contributed by atoms with van der Waals surface area (Å²) >= 11 is 5.97. The minimum absolute atomic E-state index is 0.200. The van der Waals surface area contributed by atoms with Gasteiger partial charge in [0.15, 0.2) is 5.75 Å². The van der Waals surface area contributed by atoms with Gasteiger partial charge in [-0.2, -0.15) is 8.42 Å². The third-order valence-electron chi connectivity index (χ3n) is 4.54. The van der Waals surface area contributed by atoms with Gasteiger partial charge in [0.05, 0.1) is 18.3 Å². The van der Waals surface area contributed by atoms with Gasteiger partial charge in [0.25, 0.3) is 0 Å². The molecular weight excluding hydrogens is 390 g/mol. The zero-order valence-electron chi connectivity index (χ0n) is 14.3. The minimum Gasteiger partial charge on any atom is -0.465 e. The van der Waals surface area contributed by atoms with Gasteiger partial charge in [0, 0.05) is 10.6 Å². The van der Waals surface area contributed by atoms with Gasteiger partial charge in [-0.05, 0) is 42.8 Å². The van der Waals surface area contributed by atoms with Crippen molar-refractivity contribution in [1.82, 2.24) is 4.31 Å². The van der Waals surface area contributed by atoms with Crippen LogP contribution in [-0.4, -0.2) is 25.3 Å². The summed E-state index contributed by atoms with van der Waals surface area (Å²) in [4.78, 5) is 12.6. The number of rotatable bonds is 3. The summed E-state index contributed by atoms with van der Waals surface area (Å²) in [5, 5.41) is 0.515. The van der Waals surface area contributed by atoms with Gasteiger partial charge in [0.2, 0.25) is 0 Å². The molecule has 0 radical (unpaired) electrons. The molecule has 0 aliphatic carbocycles. The van der Waals surface area contributed by atoms with E-state index in [9.17, 15) is 13.2 Å². The Morgan fingerprint density at radius 2 is 1.89 bits per heavy atom. The third kappa shape index (κ3) is 2.96. The Balaban J connectivity index is 1.90. The van der Waals surface area contributed by atoms with Crippen LogP contribution < -0.4 is 4.18 Å². The number of benzene rings is 2. The van der Waals surface area contributed by atoms with Gasteiger partial charge in [0.1, 0.15) is 5.92 Å². The number of halogens is 1. The highest BCUT2D eigenvalue weighted by atomic mass is 35.5. The van der Waals surface area contributed by atoms with Gasteiger partial charge in [-0.25, -0.2) is 4.31 Å². The average molecular weight is 406 g/mol. The van der Waals surface area contributed by atoms with Crippen molar-refractivity contribution in [1.29, 1.82) is 0 Å². The molecule has 0 saturated heterocycles. The van der Waals surface area contributed by atoms with E-state index in [1.165, 1.54) is 0 Å². The largest absolute Gasteiger partial charge is 0.465 e. The molecule has 0 spiro atoms. The molecule has 27 heavy (non-hydrogen) atoms. The van der Waals surface area contributed by atoms with E-state index in [4.69, 9.17) is 20.5 Å². The highest BCUT2D eigenvalue weighted by Crippen LogP contribution is 2.50. The van der Waals surface area contributed by atoms with E-state index in [0.717, 1.165) is 4.31 Å². The number of esters is 1. The van der Waals surface area contributed by atoms with E-state index in [2.05, 4.69) is 0 Å². The van der Waals surface area contributed by atoms with E-state index in [-0.39, 0.29) is 12.4 Å². The number of hydrogen-bond acceptors (Lipinski definition) is 5. The zero-order valence-corrected chi connectivity index (χ0v) is 15.9. The summed E-state index contributed by atoms with van der Waals surface area (Å²) in [7, 11) is -4.14. The van der Waals surface area contributed by atoms with Crippen LogP contribution in [0.1, 0.15) is 24.1 Å². The minimum atomic E-state index is -4.14. The number of hydrogen-bond donors (Lipinski definition) is 0. The number of ether oxygens (including phenoxy) is 1. The molecule has 0 aromatic heterocycles. The molecule has 2 aromatic carbocycles. The van der Waals surface area contributed by atoms with Crippen LogP contribution in [0.25, 0.3) is 5.70 Å². The molecule has 0 N–H and O–H groups in total. The molecule has 2 aromatic rings. The number of nitrogens with zero attached hydrogens (tertiary/aromatic N) is 1. The van der Waals surface area contributed by atoms with Crippen molar-refractivity contribution in [2.45, 2.75) is 13.0 Å². The Morgan fingerprint density at radius 1 is 1.19 bits per heavy atom. The summed E-state index contributed by atoms with van der Waals surface area (Å²) in [5.41, 5.74) is 1.64. The molecule has 4 rings (SSSR count). The molecule has 0 saturated carbocycles. The lowest BCUT2D eigenvalue weighted by molar-refractivity contribution is -0.147. The average Bonchev–Trinajstić information content (AvgIpc) is 3.04. The Hall–Kier alpha value is -2.51. The maximum absolute atomic E-state index is 12.9. The molecule has 0 bridgehead atoms. The first-order chi connectivity index (χ1) is 12.9. The Kier molecular flexibility index (Phi) is 4.36. The first-order valence-corrected chi connectivity index (χ1v) is 10.1. The maximum atomic E-state index is 12.9.